The lowest BCUT2D eigenvalue weighted by Gasteiger charge is -2.19. The van der Waals surface area contributed by atoms with Gasteiger partial charge >= 0.3 is 0 Å². The van der Waals surface area contributed by atoms with Crippen molar-refractivity contribution < 1.29 is 8.42 Å². The van der Waals surface area contributed by atoms with E-state index in [1.54, 1.807) is 24.4 Å². The Balaban J connectivity index is 2.22. The molecule has 0 amide bonds. The molecule has 20 heavy (non-hydrogen) atoms. The number of hydrogen-bond acceptors (Lipinski definition) is 4. The lowest BCUT2D eigenvalue weighted by molar-refractivity contribution is 0.593. The number of benzene rings is 1. The fraction of sp³-hybridized carbons (Fsp3) is 0.214. The van der Waals surface area contributed by atoms with Crippen molar-refractivity contribution in [1.29, 1.82) is 0 Å². The molecule has 2 aromatic rings. The highest BCUT2D eigenvalue weighted by molar-refractivity contribution is 7.92. The lowest BCUT2D eigenvalue weighted by Crippen LogP contribution is -2.28. The van der Waals surface area contributed by atoms with Crippen LogP contribution in [0, 0.1) is 0 Å². The molecular formula is C14H17N3O2S. The molecule has 0 aliphatic rings. The summed E-state index contributed by atoms with van der Waals surface area (Å²) in [4.78, 5) is 3.93. The average Bonchev–Trinajstić information content (AvgIpc) is 2.47. The second-order valence-corrected chi connectivity index (χ2v) is 6.46. The molecule has 0 radical (unpaired) electrons. The smallest absolute Gasteiger partial charge is 0.239 e. The number of nitrogens with zero attached hydrogens (tertiary/aromatic N) is 2. The van der Waals surface area contributed by atoms with Crippen LogP contribution in [0.1, 0.15) is 11.1 Å². The van der Waals surface area contributed by atoms with Crippen LogP contribution in [0.15, 0.2) is 48.8 Å². The minimum absolute atomic E-state index is 0.0633. The quantitative estimate of drug-likeness (QED) is 0.906. The molecule has 6 heteroatoms. The van der Waals surface area contributed by atoms with Crippen molar-refractivity contribution in [3.63, 3.8) is 0 Å². The van der Waals surface area contributed by atoms with E-state index >= 15 is 0 Å². The number of sulfonamides is 1. The maximum Gasteiger partial charge on any atom is 0.239 e. The van der Waals surface area contributed by atoms with Gasteiger partial charge in [0.05, 0.1) is 17.6 Å². The molecule has 5 nitrogen and oxygen atoms in total. The van der Waals surface area contributed by atoms with Crippen molar-refractivity contribution in [2.24, 2.45) is 5.73 Å². The van der Waals surface area contributed by atoms with E-state index in [0.717, 1.165) is 11.1 Å². The summed E-state index contributed by atoms with van der Waals surface area (Å²) >= 11 is 0. The van der Waals surface area contributed by atoms with Crippen LogP contribution in [-0.4, -0.2) is 20.4 Å². The van der Waals surface area contributed by atoms with Gasteiger partial charge in [0.2, 0.25) is 10.0 Å². The minimum atomic E-state index is -3.44. The normalized spacial score (nSPS) is 11.3. The van der Waals surface area contributed by atoms with Gasteiger partial charge in [-0.25, -0.2) is 8.42 Å². The van der Waals surface area contributed by atoms with Crippen LogP contribution in [0.25, 0.3) is 0 Å². The average molecular weight is 291 g/mol. The summed E-state index contributed by atoms with van der Waals surface area (Å²) in [6.45, 7) is 0.395. The van der Waals surface area contributed by atoms with Crippen LogP contribution in [-0.2, 0) is 22.3 Å². The second-order valence-electron chi connectivity index (χ2n) is 4.46. The van der Waals surface area contributed by atoms with Gasteiger partial charge < -0.3 is 5.73 Å². The molecular weight excluding hydrogens is 274 g/mol. The molecule has 106 valence electrons. The minimum Gasteiger partial charge on any atom is -0.326 e. The standard InChI is InChI=1S/C14H17N3O2S/c1-17(14-6-3-7-16-10-14)20(18,19)11-13-5-2-4-12(8-13)9-15/h2-8,10H,9,11,15H2,1H3. The first-order valence-electron chi connectivity index (χ1n) is 6.17. The molecule has 1 heterocycles. The molecule has 0 spiro atoms. The third kappa shape index (κ3) is 3.34. The zero-order valence-electron chi connectivity index (χ0n) is 11.2. The molecule has 0 aliphatic heterocycles. The van der Waals surface area contributed by atoms with Crippen molar-refractivity contribution in [3.8, 4) is 0 Å². The van der Waals surface area contributed by atoms with E-state index in [2.05, 4.69) is 4.98 Å². The maximum atomic E-state index is 12.4. The molecule has 1 aromatic heterocycles. The van der Waals surface area contributed by atoms with Crippen LogP contribution in [0.5, 0.6) is 0 Å². The summed E-state index contributed by atoms with van der Waals surface area (Å²) in [5.74, 6) is -0.0633. The zero-order valence-corrected chi connectivity index (χ0v) is 12.0. The summed E-state index contributed by atoms with van der Waals surface area (Å²) in [6, 6.07) is 10.7. The SMILES string of the molecule is CN(c1cccnc1)S(=O)(=O)Cc1cccc(CN)c1. The highest BCUT2D eigenvalue weighted by Crippen LogP contribution is 2.18. The van der Waals surface area contributed by atoms with Crippen molar-refractivity contribution in [1.82, 2.24) is 4.98 Å². The Bertz CT molecular complexity index is 672. The number of pyridine rings is 1. The number of hydrogen-bond donors (Lipinski definition) is 1. The Morgan fingerprint density at radius 1 is 1.20 bits per heavy atom. The fourth-order valence-electron chi connectivity index (χ4n) is 1.85. The van der Waals surface area contributed by atoms with Gasteiger partial charge in [0.15, 0.2) is 0 Å². The topological polar surface area (TPSA) is 76.3 Å². The molecule has 0 aliphatic carbocycles. The number of rotatable bonds is 5. The van der Waals surface area contributed by atoms with Crippen LogP contribution >= 0.6 is 0 Å². The van der Waals surface area contributed by atoms with Crippen LogP contribution < -0.4 is 10.0 Å². The maximum absolute atomic E-state index is 12.4. The van der Waals surface area contributed by atoms with E-state index in [9.17, 15) is 8.42 Å². The van der Waals surface area contributed by atoms with Crippen LogP contribution in [0.2, 0.25) is 0 Å². The summed E-state index contributed by atoms with van der Waals surface area (Å²) < 4.78 is 26.0. The first-order valence-corrected chi connectivity index (χ1v) is 7.78. The molecule has 0 bridgehead atoms. The predicted molar refractivity (Wildman–Crippen MR) is 79.6 cm³/mol. The summed E-state index contributed by atoms with van der Waals surface area (Å²) in [7, 11) is -1.91. The van der Waals surface area contributed by atoms with Gasteiger partial charge in [0, 0.05) is 19.8 Å². The van der Waals surface area contributed by atoms with Gasteiger partial charge in [0.1, 0.15) is 0 Å². The van der Waals surface area contributed by atoms with Gasteiger partial charge in [-0.15, -0.1) is 0 Å². The predicted octanol–water partition coefficient (Wildman–Crippen LogP) is 1.51. The first kappa shape index (κ1) is 14.5. The van der Waals surface area contributed by atoms with Gasteiger partial charge in [0.25, 0.3) is 0 Å². The van der Waals surface area contributed by atoms with Crippen molar-refractivity contribution >= 4 is 15.7 Å². The van der Waals surface area contributed by atoms with E-state index in [0.29, 0.717) is 12.2 Å². The highest BCUT2D eigenvalue weighted by atomic mass is 32.2. The van der Waals surface area contributed by atoms with Gasteiger partial charge in [-0.3, -0.25) is 9.29 Å². The Morgan fingerprint density at radius 3 is 2.60 bits per heavy atom. The fourth-order valence-corrected chi connectivity index (χ4v) is 3.08. The Labute approximate surface area is 119 Å². The number of nitrogens with two attached hydrogens (primary N) is 1. The molecule has 0 saturated heterocycles. The second kappa shape index (κ2) is 6.02. The Kier molecular flexibility index (Phi) is 4.36. The zero-order chi connectivity index (χ0) is 14.6. The molecule has 1 aromatic carbocycles. The van der Waals surface area contributed by atoms with Gasteiger partial charge in [-0.05, 0) is 23.3 Å². The van der Waals surface area contributed by atoms with Crippen molar-refractivity contribution in [2.45, 2.75) is 12.3 Å². The first-order chi connectivity index (χ1) is 9.53. The third-order valence-electron chi connectivity index (χ3n) is 3.00. The monoisotopic (exact) mass is 291 g/mol. The summed E-state index contributed by atoms with van der Waals surface area (Å²) in [6.07, 6.45) is 3.13. The Hall–Kier alpha value is -1.92. The third-order valence-corrected chi connectivity index (χ3v) is 4.75. The number of aromatic nitrogens is 1. The molecule has 0 saturated carbocycles. The molecule has 0 unspecified atom stereocenters. The van der Waals surface area contributed by atoms with Gasteiger partial charge in [-0.1, -0.05) is 24.3 Å². The molecule has 2 rings (SSSR count). The Morgan fingerprint density at radius 2 is 1.95 bits per heavy atom. The molecule has 2 N–H and O–H groups in total. The van der Waals surface area contributed by atoms with E-state index < -0.39 is 10.0 Å². The van der Waals surface area contributed by atoms with E-state index in [1.807, 2.05) is 18.2 Å². The highest BCUT2D eigenvalue weighted by Gasteiger charge is 2.19. The summed E-state index contributed by atoms with van der Waals surface area (Å²) in [5.41, 5.74) is 7.75. The van der Waals surface area contributed by atoms with Crippen LogP contribution in [0.4, 0.5) is 5.69 Å². The van der Waals surface area contributed by atoms with Crippen LogP contribution in [0.3, 0.4) is 0 Å². The van der Waals surface area contributed by atoms with Crippen molar-refractivity contribution in [2.75, 3.05) is 11.4 Å². The molecule has 0 fully saturated rings. The number of anilines is 1. The van der Waals surface area contributed by atoms with E-state index in [1.165, 1.54) is 17.5 Å². The van der Waals surface area contributed by atoms with Crippen molar-refractivity contribution in [3.05, 3.63) is 59.9 Å². The summed E-state index contributed by atoms with van der Waals surface area (Å²) in [5, 5.41) is 0. The molecule has 0 atom stereocenters. The largest absolute Gasteiger partial charge is 0.326 e. The lowest BCUT2D eigenvalue weighted by atomic mass is 10.1. The van der Waals surface area contributed by atoms with E-state index in [4.69, 9.17) is 5.73 Å². The van der Waals surface area contributed by atoms with Gasteiger partial charge in [-0.2, -0.15) is 0 Å². The van der Waals surface area contributed by atoms with E-state index in [-0.39, 0.29) is 5.75 Å².